The smallest absolute Gasteiger partial charge is 0.185 e. The largest absolute Gasteiger partial charge is 0.370 e. The van der Waals surface area contributed by atoms with Crippen molar-refractivity contribution in [2.45, 2.75) is 19.5 Å². The average molecular weight is 298 g/mol. The summed E-state index contributed by atoms with van der Waals surface area (Å²) in [6.45, 7) is 3.06. The molecular weight excluding hydrogens is 276 g/mol. The lowest BCUT2D eigenvalue weighted by atomic mass is 10.2. The number of rotatable bonds is 8. The Hall–Kier alpha value is -2.47. The molecule has 0 aromatic carbocycles. The molecule has 0 aliphatic rings. The number of guanidine groups is 1. The van der Waals surface area contributed by atoms with E-state index in [1.165, 1.54) is 0 Å². The van der Waals surface area contributed by atoms with Crippen molar-refractivity contribution in [2.24, 2.45) is 16.5 Å². The lowest BCUT2D eigenvalue weighted by molar-refractivity contribution is 0.249. The van der Waals surface area contributed by atoms with Crippen LogP contribution in [0.5, 0.6) is 0 Å². The summed E-state index contributed by atoms with van der Waals surface area (Å²) in [5.74, 6) is 0.140. The van der Waals surface area contributed by atoms with Gasteiger partial charge in [-0.05, 0) is 30.7 Å². The van der Waals surface area contributed by atoms with Gasteiger partial charge in [0.1, 0.15) is 0 Å². The van der Waals surface area contributed by atoms with Crippen molar-refractivity contribution in [1.29, 1.82) is 0 Å². The summed E-state index contributed by atoms with van der Waals surface area (Å²) < 4.78 is 0. The molecule has 6 heteroatoms. The van der Waals surface area contributed by atoms with Crippen LogP contribution in [-0.4, -0.2) is 33.9 Å². The molecule has 6 nitrogen and oxygen atoms in total. The highest BCUT2D eigenvalue weighted by Crippen LogP contribution is 2.07. The Morgan fingerprint density at radius 1 is 0.955 bits per heavy atom. The van der Waals surface area contributed by atoms with Gasteiger partial charge in [0.25, 0.3) is 0 Å². The highest BCUT2D eigenvalue weighted by Gasteiger charge is 2.08. The SMILES string of the molecule is NC(N)=NCCCN(Cc1ccccn1)Cc1ccccn1. The molecule has 22 heavy (non-hydrogen) atoms. The van der Waals surface area contributed by atoms with Gasteiger partial charge in [0.05, 0.1) is 11.4 Å². The standard InChI is InChI=1S/C16H22N6/c17-16(18)21-10-5-11-22(12-14-6-1-3-8-19-14)13-15-7-2-4-9-20-15/h1-4,6-9H,5,10-13H2,(H4,17,18,21). The molecule has 4 N–H and O–H groups in total. The minimum Gasteiger partial charge on any atom is -0.370 e. The zero-order valence-electron chi connectivity index (χ0n) is 12.6. The predicted octanol–water partition coefficient (Wildman–Crippen LogP) is 1.14. The van der Waals surface area contributed by atoms with Crippen molar-refractivity contribution in [2.75, 3.05) is 13.1 Å². The van der Waals surface area contributed by atoms with E-state index in [4.69, 9.17) is 11.5 Å². The fraction of sp³-hybridized carbons (Fsp3) is 0.312. The quantitative estimate of drug-likeness (QED) is 0.433. The molecule has 0 bridgehead atoms. The average Bonchev–Trinajstić information content (AvgIpc) is 2.53. The van der Waals surface area contributed by atoms with Crippen LogP contribution in [0.25, 0.3) is 0 Å². The fourth-order valence-electron chi connectivity index (χ4n) is 2.16. The van der Waals surface area contributed by atoms with Crippen LogP contribution in [0.1, 0.15) is 17.8 Å². The van der Waals surface area contributed by atoms with E-state index in [1.807, 2.05) is 48.8 Å². The second-order valence-corrected chi connectivity index (χ2v) is 5.01. The molecule has 0 fully saturated rings. The number of nitrogens with zero attached hydrogens (tertiary/aromatic N) is 4. The van der Waals surface area contributed by atoms with Crippen LogP contribution in [0.3, 0.4) is 0 Å². The molecule has 0 atom stereocenters. The minimum atomic E-state index is 0.140. The lowest BCUT2D eigenvalue weighted by Crippen LogP contribution is -2.26. The second-order valence-electron chi connectivity index (χ2n) is 5.01. The first-order chi connectivity index (χ1) is 10.7. The highest BCUT2D eigenvalue weighted by atomic mass is 15.1. The van der Waals surface area contributed by atoms with Crippen molar-refractivity contribution >= 4 is 5.96 Å². The number of pyridine rings is 2. The summed E-state index contributed by atoms with van der Waals surface area (Å²) in [4.78, 5) is 15.1. The van der Waals surface area contributed by atoms with Gasteiger partial charge in [-0.15, -0.1) is 0 Å². The molecule has 0 unspecified atom stereocenters. The van der Waals surface area contributed by atoms with E-state index in [1.54, 1.807) is 0 Å². The topological polar surface area (TPSA) is 93.4 Å². The van der Waals surface area contributed by atoms with E-state index in [2.05, 4.69) is 19.9 Å². The zero-order valence-corrected chi connectivity index (χ0v) is 12.6. The van der Waals surface area contributed by atoms with E-state index < -0.39 is 0 Å². The van der Waals surface area contributed by atoms with Crippen LogP contribution in [0.2, 0.25) is 0 Å². The molecule has 2 aromatic rings. The van der Waals surface area contributed by atoms with Crippen LogP contribution in [0.15, 0.2) is 53.8 Å². The molecule has 0 radical (unpaired) electrons. The van der Waals surface area contributed by atoms with E-state index in [0.29, 0.717) is 6.54 Å². The monoisotopic (exact) mass is 298 g/mol. The summed E-state index contributed by atoms with van der Waals surface area (Å²) in [5.41, 5.74) is 12.8. The number of hydrogen-bond acceptors (Lipinski definition) is 4. The highest BCUT2D eigenvalue weighted by molar-refractivity contribution is 5.75. The molecular formula is C16H22N6. The lowest BCUT2D eigenvalue weighted by Gasteiger charge is -2.21. The molecule has 2 heterocycles. The van der Waals surface area contributed by atoms with E-state index in [9.17, 15) is 0 Å². The first kappa shape index (κ1) is 15.9. The van der Waals surface area contributed by atoms with Gasteiger partial charge in [-0.25, -0.2) is 0 Å². The van der Waals surface area contributed by atoms with Gasteiger partial charge in [0.2, 0.25) is 0 Å². The van der Waals surface area contributed by atoms with Gasteiger partial charge in [-0.3, -0.25) is 19.9 Å². The molecule has 0 saturated heterocycles. The Morgan fingerprint density at radius 2 is 1.55 bits per heavy atom. The summed E-state index contributed by atoms with van der Waals surface area (Å²) in [7, 11) is 0. The Kier molecular flexibility index (Phi) is 6.32. The normalized spacial score (nSPS) is 10.6. The van der Waals surface area contributed by atoms with Crippen molar-refractivity contribution in [3.8, 4) is 0 Å². The third-order valence-corrected chi connectivity index (χ3v) is 3.15. The minimum absolute atomic E-state index is 0.140. The summed E-state index contributed by atoms with van der Waals surface area (Å²) in [6.07, 6.45) is 4.51. The summed E-state index contributed by atoms with van der Waals surface area (Å²) >= 11 is 0. The van der Waals surface area contributed by atoms with Crippen molar-refractivity contribution in [1.82, 2.24) is 14.9 Å². The summed E-state index contributed by atoms with van der Waals surface area (Å²) in [6, 6.07) is 11.9. The zero-order chi connectivity index (χ0) is 15.6. The maximum absolute atomic E-state index is 5.35. The van der Waals surface area contributed by atoms with Crippen LogP contribution < -0.4 is 11.5 Å². The molecule has 0 aliphatic carbocycles. The number of aromatic nitrogens is 2. The van der Waals surface area contributed by atoms with Gasteiger partial charge in [-0.1, -0.05) is 12.1 Å². The first-order valence-corrected chi connectivity index (χ1v) is 7.31. The van der Waals surface area contributed by atoms with Crippen molar-refractivity contribution in [3.05, 3.63) is 60.2 Å². The number of nitrogens with two attached hydrogens (primary N) is 2. The predicted molar refractivity (Wildman–Crippen MR) is 87.9 cm³/mol. The molecule has 116 valence electrons. The first-order valence-electron chi connectivity index (χ1n) is 7.31. The maximum atomic E-state index is 5.35. The number of aliphatic imine (C=N–C) groups is 1. The van der Waals surface area contributed by atoms with Gasteiger partial charge in [-0.2, -0.15) is 0 Å². The molecule has 0 amide bonds. The third kappa shape index (κ3) is 5.88. The molecule has 0 aliphatic heterocycles. The number of hydrogen-bond donors (Lipinski definition) is 2. The maximum Gasteiger partial charge on any atom is 0.185 e. The van der Waals surface area contributed by atoms with Gasteiger partial charge in [0, 0.05) is 38.6 Å². The van der Waals surface area contributed by atoms with E-state index in [0.717, 1.165) is 37.4 Å². The fourth-order valence-corrected chi connectivity index (χ4v) is 2.16. The van der Waals surface area contributed by atoms with Gasteiger partial charge < -0.3 is 11.5 Å². The van der Waals surface area contributed by atoms with E-state index in [-0.39, 0.29) is 5.96 Å². The Morgan fingerprint density at radius 3 is 2.00 bits per heavy atom. The molecule has 0 saturated carbocycles. The van der Waals surface area contributed by atoms with Crippen molar-refractivity contribution < 1.29 is 0 Å². The molecule has 2 aromatic heterocycles. The molecule has 0 spiro atoms. The van der Waals surface area contributed by atoms with Gasteiger partial charge in [0.15, 0.2) is 5.96 Å². The van der Waals surface area contributed by atoms with Crippen LogP contribution in [0.4, 0.5) is 0 Å². The third-order valence-electron chi connectivity index (χ3n) is 3.15. The van der Waals surface area contributed by atoms with Crippen LogP contribution >= 0.6 is 0 Å². The van der Waals surface area contributed by atoms with Crippen LogP contribution in [-0.2, 0) is 13.1 Å². The van der Waals surface area contributed by atoms with E-state index >= 15 is 0 Å². The second kappa shape index (κ2) is 8.74. The Labute approximate surface area is 130 Å². The van der Waals surface area contributed by atoms with Crippen LogP contribution in [0, 0.1) is 0 Å². The summed E-state index contributed by atoms with van der Waals surface area (Å²) in [5, 5.41) is 0. The molecule has 2 rings (SSSR count). The Bertz CT molecular complexity index is 524. The van der Waals surface area contributed by atoms with Gasteiger partial charge >= 0.3 is 0 Å². The van der Waals surface area contributed by atoms with Crippen molar-refractivity contribution in [3.63, 3.8) is 0 Å². The Balaban J connectivity index is 1.95.